The molecule has 0 N–H and O–H groups in total. The van der Waals surface area contributed by atoms with Gasteiger partial charge in [-0.1, -0.05) is 11.6 Å². The van der Waals surface area contributed by atoms with Crippen molar-refractivity contribution in [3.05, 3.63) is 37.8 Å². The number of non-ortho nitro benzene ring substituents is 1. The summed E-state index contributed by atoms with van der Waals surface area (Å²) in [6.45, 7) is 0. The Morgan fingerprint density at radius 2 is 2.36 bits per heavy atom. The van der Waals surface area contributed by atoms with Crippen LogP contribution < -0.4 is 0 Å². The molecular formula is C6HBrClNO2. The van der Waals surface area contributed by atoms with Gasteiger partial charge < -0.3 is 0 Å². The maximum Gasteiger partial charge on any atom is 0.279 e. The molecule has 0 unspecified atom stereocenters. The Morgan fingerprint density at radius 3 is 2.82 bits per heavy atom. The molecule has 11 heavy (non-hydrogen) atoms. The molecule has 0 aliphatic carbocycles. The highest BCUT2D eigenvalue weighted by Gasteiger charge is 2.08. The minimum Gasteiger partial charge on any atom is -0.258 e. The zero-order chi connectivity index (χ0) is 8.43. The van der Waals surface area contributed by atoms with Gasteiger partial charge >= 0.3 is 0 Å². The Hall–Kier alpha value is -0.610. The van der Waals surface area contributed by atoms with Gasteiger partial charge in [0.2, 0.25) is 0 Å². The van der Waals surface area contributed by atoms with Crippen LogP contribution in [0.4, 0.5) is 5.69 Å². The molecule has 0 aliphatic rings. The van der Waals surface area contributed by atoms with E-state index in [-0.39, 0.29) is 10.7 Å². The fraction of sp³-hybridized carbons (Fsp3) is 0. The summed E-state index contributed by atoms with van der Waals surface area (Å²) in [5.41, 5.74) is -0.152. The smallest absolute Gasteiger partial charge is 0.258 e. The van der Waals surface area contributed by atoms with Crippen molar-refractivity contribution in [1.29, 1.82) is 0 Å². The van der Waals surface area contributed by atoms with Gasteiger partial charge in [-0.15, -0.1) is 0 Å². The summed E-state index contributed by atoms with van der Waals surface area (Å²) >= 11 is 8.52. The van der Waals surface area contributed by atoms with Crippen LogP contribution in [-0.4, -0.2) is 4.92 Å². The highest BCUT2D eigenvalue weighted by Crippen LogP contribution is 2.24. The molecule has 0 aromatic heterocycles. The van der Waals surface area contributed by atoms with Crippen molar-refractivity contribution in [3.8, 4) is 0 Å². The summed E-state index contributed by atoms with van der Waals surface area (Å²) in [6.07, 6.45) is 0. The predicted octanol–water partition coefficient (Wildman–Crippen LogP) is 2.61. The Bertz CT molecular complexity index is 303. The molecule has 0 bridgehead atoms. The second-order valence-electron chi connectivity index (χ2n) is 1.68. The standard InChI is InChI=1S/C6HBrClNO2/c7-5-3-4(9(10)11)1-2-6(5)8/h1H. The van der Waals surface area contributed by atoms with Crippen LogP contribution in [0.1, 0.15) is 0 Å². The number of hydrogen-bond acceptors (Lipinski definition) is 2. The number of hydrogen-bond donors (Lipinski definition) is 0. The highest BCUT2D eigenvalue weighted by atomic mass is 79.9. The fourth-order valence-electron chi connectivity index (χ4n) is 0.497. The van der Waals surface area contributed by atoms with E-state index < -0.39 is 4.92 Å². The van der Waals surface area contributed by atoms with Gasteiger partial charge in [-0.2, -0.15) is 0 Å². The molecule has 0 saturated heterocycles. The first-order valence-corrected chi connectivity index (χ1v) is 3.72. The van der Waals surface area contributed by atoms with Gasteiger partial charge in [0.15, 0.2) is 0 Å². The summed E-state index contributed by atoms with van der Waals surface area (Å²) in [5, 5.41) is 10.4. The van der Waals surface area contributed by atoms with Crippen LogP contribution in [0.3, 0.4) is 0 Å². The third-order valence-electron chi connectivity index (χ3n) is 0.963. The lowest BCUT2D eigenvalue weighted by molar-refractivity contribution is -0.385. The molecule has 0 amide bonds. The summed E-state index contributed by atoms with van der Waals surface area (Å²) in [5.74, 6) is 0. The van der Waals surface area contributed by atoms with Gasteiger partial charge in [-0.3, -0.25) is 10.1 Å². The van der Waals surface area contributed by atoms with E-state index in [0.717, 1.165) is 0 Å². The Labute approximate surface area is 76.3 Å². The Kier molecular flexibility index (Phi) is 2.46. The summed E-state index contributed by atoms with van der Waals surface area (Å²) < 4.78 is 0.355. The number of rotatable bonds is 1. The largest absolute Gasteiger partial charge is 0.279 e. The number of nitrogens with zero attached hydrogens (tertiary/aromatic N) is 1. The van der Waals surface area contributed by atoms with E-state index in [2.05, 4.69) is 28.1 Å². The van der Waals surface area contributed by atoms with Crippen LogP contribution in [0.15, 0.2) is 10.5 Å². The van der Waals surface area contributed by atoms with Crippen molar-refractivity contribution >= 4 is 33.2 Å². The third kappa shape index (κ3) is 1.91. The van der Waals surface area contributed by atoms with Gasteiger partial charge in [0, 0.05) is 12.1 Å². The predicted molar refractivity (Wildman–Crippen MR) is 43.5 cm³/mol. The van der Waals surface area contributed by atoms with Crippen LogP contribution in [0.2, 0.25) is 5.02 Å². The molecule has 5 heteroatoms. The quantitative estimate of drug-likeness (QED) is 0.554. The molecule has 0 spiro atoms. The average Bonchev–Trinajstić information content (AvgIpc) is 1.94. The summed E-state index contributed by atoms with van der Waals surface area (Å²) in [7, 11) is 0. The molecule has 0 fully saturated rings. The Morgan fingerprint density at radius 1 is 1.73 bits per heavy atom. The lowest BCUT2D eigenvalue weighted by Gasteiger charge is -1.92. The first-order valence-electron chi connectivity index (χ1n) is 2.54. The van der Waals surface area contributed by atoms with Crippen LogP contribution in [0.25, 0.3) is 0 Å². The van der Waals surface area contributed by atoms with Gasteiger partial charge in [-0.25, -0.2) is 0 Å². The number of halogens is 2. The maximum absolute atomic E-state index is 10.2. The lowest BCUT2D eigenvalue weighted by atomic mass is 10.3. The van der Waals surface area contributed by atoms with E-state index in [4.69, 9.17) is 11.6 Å². The molecule has 1 rings (SSSR count). The molecule has 0 atom stereocenters. The first kappa shape index (κ1) is 8.49. The maximum atomic E-state index is 10.2. The van der Waals surface area contributed by atoms with Gasteiger partial charge in [0.25, 0.3) is 5.69 Å². The van der Waals surface area contributed by atoms with Gasteiger partial charge in [0.05, 0.1) is 20.5 Å². The molecule has 56 valence electrons. The van der Waals surface area contributed by atoms with Crippen LogP contribution in [-0.2, 0) is 0 Å². The normalized spacial score (nSPS) is 9.64. The van der Waals surface area contributed by atoms with Crippen LogP contribution in [0, 0.1) is 22.2 Å². The fourth-order valence-corrected chi connectivity index (χ4v) is 0.916. The van der Waals surface area contributed by atoms with Crippen LogP contribution in [0.5, 0.6) is 0 Å². The third-order valence-corrected chi connectivity index (χ3v) is 2.08. The van der Waals surface area contributed by atoms with E-state index in [9.17, 15) is 10.1 Å². The molecule has 0 aliphatic heterocycles. The lowest BCUT2D eigenvalue weighted by Crippen LogP contribution is -1.87. The van der Waals surface area contributed by atoms with Gasteiger partial charge in [-0.05, 0) is 15.9 Å². The van der Waals surface area contributed by atoms with Crippen molar-refractivity contribution in [3.63, 3.8) is 0 Å². The topological polar surface area (TPSA) is 43.1 Å². The Balaban J connectivity index is 3.15. The molecule has 3 nitrogen and oxygen atoms in total. The second-order valence-corrected chi connectivity index (χ2v) is 2.85. The minimum absolute atomic E-state index is 0.152. The molecule has 1 aromatic rings. The first-order chi connectivity index (χ1) is 5.11. The molecule has 2 radical (unpaired) electrons. The van der Waals surface area contributed by atoms with Crippen molar-refractivity contribution in [2.24, 2.45) is 0 Å². The summed E-state index contributed by atoms with van der Waals surface area (Å²) in [6, 6.07) is 6.10. The SMILES string of the molecule is O=[N+]([O-])c1[c]c(Br)c(Cl)[c]c1. The average molecular weight is 234 g/mol. The number of nitro benzene ring substituents is 1. The van der Waals surface area contributed by atoms with Gasteiger partial charge in [0.1, 0.15) is 0 Å². The number of nitro groups is 1. The molecule has 0 heterocycles. The van der Waals surface area contributed by atoms with E-state index in [1.54, 1.807) is 0 Å². The van der Waals surface area contributed by atoms with Crippen molar-refractivity contribution in [2.75, 3.05) is 0 Å². The van der Waals surface area contributed by atoms with Crippen molar-refractivity contribution in [2.45, 2.75) is 0 Å². The van der Waals surface area contributed by atoms with E-state index >= 15 is 0 Å². The van der Waals surface area contributed by atoms with E-state index in [1.165, 1.54) is 6.07 Å². The second kappa shape index (κ2) is 3.19. The molecule has 0 saturated carbocycles. The molecule has 1 aromatic carbocycles. The minimum atomic E-state index is -0.558. The highest BCUT2D eigenvalue weighted by molar-refractivity contribution is 9.10. The van der Waals surface area contributed by atoms with Crippen molar-refractivity contribution < 1.29 is 4.92 Å². The van der Waals surface area contributed by atoms with E-state index in [0.29, 0.717) is 4.47 Å². The monoisotopic (exact) mass is 233 g/mol. The summed E-state index contributed by atoms with van der Waals surface area (Å²) in [4.78, 5) is 9.60. The number of benzene rings is 1. The zero-order valence-electron chi connectivity index (χ0n) is 5.10. The van der Waals surface area contributed by atoms with E-state index in [1.807, 2.05) is 0 Å². The van der Waals surface area contributed by atoms with Crippen LogP contribution >= 0.6 is 27.5 Å². The zero-order valence-corrected chi connectivity index (χ0v) is 7.44. The van der Waals surface area contributed by atoms with Crippen molar-refractivity contribution in [1.82, 2.24) is 0 Å². The molecular weight excluding hydrogens is 233 g/mol.